The van der Waals surface area contributed by atoms with E-state index in [1.54, 1.807) is 13.0 Å². The number of pyridine rings is 1. The fourth-order valence-corrected chi connectivity index (χ4v) is 1.95. The number of hydrogen-bond acceptors (Lipinski definition) is 2. The molecule has 1 aromatic heterocycles. The second-order valence-electron chi connectivity index (χ2n) is 4.74. The van der Waals surface area contributed by atoms with Crippen LogP contribution in [-0.4, -0.2) is 10.9 Å². The van der Waals surface area contributed by atoms with E-state index >= 15 is 0 Å². The number of aromatic amines is 1. The van der Waals surface area contributed by atoms with Crippen molar-refractivity contribution < 1.29 is 4.79 Å². The SMILES string of the molecule is CCCCC(=O)Nc1ccc2cc(C)c(=O)[nH]c2c1. The quantitative estimate of drug-likeness (QED) is 0.885. The van der Waals surface area contributed by atoms with E-state index in [-0.39, 0.29) is 11.5 Å². The van der Waals surface area contributed by atoms with Gasteiger partial charge in [0.05, 0.1) is 5.52 Å². The first-order valence-corrected chi connectivity index (χ1v) is 6.53. The molecule has 0 saturated carbocycles. The zero-order valence-electron chi connectivity index (χ0n) is 11.2. The number of aryl methyl sites for hydroxylation is 1. The monoisotopic (exact) mass is 258 g/mol. The van der Waals surface area contributed by atoms with E-state index in [0.29, 0.717) is 17.7 Å². The Morgan fingerprint density at radius 3 is 2.84 bits per heavy atom. The third-order valence-electron chi connectivity index (χ3n) is 3.07. The van der Waals surface area contributed by atoms with Gasteiger partial charge in [0.1, 0.15) is 0 Å². The molecule has 100 valence electrons. The van der Waals surface area contributed by atoms with Gasteiger partial charge in [0.2, 0.25) is 5.91 Å². The molecule has 0 spiro atoms. The summed E-state index contributed by atoms with van der Waals surface area (Å²) in [5.41, 5.74) is 2.05. The number of unbranched alkanes of at least 4 members (excludes halogenated alkanes) is 1. The van der Waals surface area contributed by atoms with Crippen LogP contribution >= 0.6 is 0 Å². The zero-order valence-corrected chi connectivity index (χ0v) is 11.2. The Hall–Kier alpha value is -2.10. The summed E-state index contributed by atoms with van der Waals surface area (Å²) in [6.07, 6.45) is 2.41. The molecule has 0 aliphatic heterocycles. The molecule has 0 aliphatic carbocycles. The number of carbonyl (C=O) groups excluding carboxylic acids is 1. The number of carbonyl (C=O) groups is 1. The van der Waals surface area contributed by atoms with Gasteiger partial charge in [-0.2, -0.15) is 0 Å². The van der Waals surface area contributed by atoms with E-state index in [1.807, 2.05) is 18.2 Å². The summed E-state index contributed by atoms with van der Waals surface area (Å²) < 4.78 is 0. The van der Waals surface area contributed by atoms with Crippen LogP contribution in [0.4, 0.5) is 5.69 Å². The normalized spacial score (nSPS) is 10.6. The van der Waals surface area contributed by atoms with E-state index < -0.39 is 0 Å². The van der Waals surface area contributed by atoms with Gasteiger partial charge in [-0.3, -0.25) is 9.59 Å². The van der Waals surface area contributed by atoms with Crippen LogP contribution in [0.2, 0.25) is 0 Å². The van der Waals surface area contributed by atoms with Crippen molar-refractivity contribution in [2.45, 2.75) is 33.1 Å². The number of amides is 1. The highest BCUT2D eigenvalue weighted by atomic mass is 16.1. The lowest BCUT2D eigenvalue weighted by Crippen LogP contribution is -2.12. The van der Waals surface area contributed by atoms with Crippen LogP contribution in [0.5, 0.6) is 0 Å². The van der Waals surface area contributed by atoms with Crippen LogP contribution in [0.3, 0.4) is 0 Å². The van der Waals surface area contributed by atoms with E-state index in [4.69, 9.17) is 0 Å². The van der Waals surface area contributed by atoms with Crippen molar-refractivity contribution >= 4 is 22.5 Å². The first-order chi connectivity index (χ1) is 9.10. The number of benzene rings is 1. The summed E-state index contributed by atoms with van der Waals surface area (Å²) in [6.45, 7) is 3.83. The maximum Gasteiger partial charge on any atom is 0.251 e. The van der Waals surface area contributed by atoms with Crippen LogP contribution in [-0.2, 0) is 4.79 Å². The number of H-pyrrole nitrogens is 1. The summed E-state index contributed by atoms with van der Waals surface area (Å²) in [6, 6.07) is 7.38. The lowest BCUT2D eigenvalue weighted by atomic mass is 10.1. The minimum Gasteiger partial charge on any atom is -0.326 e. The van der Waals surface area contributed by atoms with Crippen molar-refractivity contribution in [1.82, 2.24) is 4.98 Å². The van der Waals surface area contributed by atoms with Crippen molar-refractivity contribution in [2.75, 3.05) is 5.32 Å². The number of nitrogens with one attached hydrogen (secondary N) is 2. The molecule has 4 nitrogen and oxygen atoms in total. The van der Waals surface area contributed by atoms with Crippen LogP contribution in [0.1, 0.15) is 31.7 Å². The minimum atomic E-state index is -0.0954. The third-order valence-corrected chi connectivity index (χ3v) is 3.07. The molecule has 0 aliphatic rings. The van der Waals surface area contributed by atoms with Gasteiger partial charge in [-0.1, -0.05) is 19.4 Å². The molecule has 0 fully saturated rings. The Bertz CT molecular complexity index is 659. The van der Waals surface area contributed by atoms with Gasteiger partial charge in [0.25, 0.3) is 5.56 Å². The zero-order chi connectivity index (χ0) is 13.8. The summed E-state index contributed by atoms with van der Waals surface area (Å²) in [5, 5.41) is 3.80. The largest absolute Gasteiger partial charge is 0.326 e. The Morgan fingerprint density at radius 1 is 1.32 bits per heavy atom. The average molecular weight is 258 g/mol. The number of anilines is 1. The van der Waals surface area contributed by atoms with E-state index in [2.05, 4.69) is 17.2 Å². The topological polar surface area (TPSA) is 62.0 Å². The van der Waals surface area contributed by atoms with Gasteiger partial charge in [-0.25, -0.2) is 0 Å². The Morgan fingerprint density at radius 2 is 2.11 bits per heavy atom. The highest BCUT2D eigenvalue weighted by Crippen LogP contribution is 2.17. The fourth-order valence-electron chi connectivity index (χ4n) is 1.95. The number of fused-ring (bicyclic) bond motifs is 1. The molecule has 2 rings (SSSR count). The molecule has 0 saturated heterocycles. The molecule has 1 aromatic carbocycles. The first kappa shape index (κ1) is 13.3. The van der Waals surface area contributed by atoms with Crippen LogP contribution in [0.15, 0.2) is 29.1 Å². The molecule has 0 radical (unpaired) electrons. The first-order valence-electron chi connectivity index (χ1n) is 6.53. The molecule has 0 bridgehead atoms. The van der Waals surface area contributed by atoms with Gasteiger partial charge in [0, 0.05) is 17.7 Å². The average Bonchev–Trinajstić information content (AvgIpc) is 2.38. The Balaban J connectivity index is 2.24. The van der Waals surface area contributed by atoms with Crippen molar-refractivity contribution in [2.24, 2.45) is 0 Å². The second kappa shape index (κ2) is 5.69. The third kappa shape index (κ3) is 3.22. The van der Waals surface area contributed by atoms with Crippen molar-refractivity contribution in [1.29, 1.82) is 0 Å². The second-order valence-corrected chi connectivity index (χ2v) is 4.74. The molecule has 4 heteroatoms. The Labute approximate surface area is 111 Å². The predicted octanol–water partition coefficient (Wildman–Crippen LogP) is 2.97. The maximum atomic E-state index is 11.6. The predicted molar refractivity (Wildman–Crippen MR) is 77.5 cm³/mol. The summed E-state index contributed by atoms with van der Waals surface area (Å²) >= 11 is 0. The summed E-state index contributed by atoms with van der Waals surface area (Å²) in [5.74, 6) is 0.00987. The number of hydrogen-bond donors (Lipinski definition) is 2. The minimum absolute atomic E-state index is 0.00987. The molecular weight excluding hydrogens is 240 g/mol. The van der Waals surface area contributed by atoms with Gasteiger partial charge >= 0.3 is 0 Å². The molecule has 0 atom stereocenters. The van der Waals surface area contributed by atoms with Crippen molar-refractivity contribution in [3.05, 3.63) is 40.2 Å². The number of rotatable bonds is 4. The fraction of sp³-hybridized carbons (Fsp3) is 0.333. The van der Waals surface area contributed by atoms with E-state index in [9.17, 15) is 9.59 Å². The molecule has 0 unspecified atom stereocenters. The van der Waals surface area contributed by atoms with Gasteiger partial charge in [0.15, 0.2) is 0 Å². The molecule has 19 heavy (non-hydrogen) atoms. The Kier molecular flexibility index (Phi) is 4.00. The lowest BCUT2D eigenvalue weighted by Gasteiger charge is -2.06. The van der Waals surface area contributed by atoms with E-state index in [0.717, 1.165) is 23.7 Å². The lowest BCUT2D eigenvalue weighted by molar-refractivity contribution is -0.116. The van der Waals surface area contributed by atoms with Gasteiger partial charge in [-0.05, 0) is 36.9 Å². The standard InChI is InChI=1S/C15H18N2O2/c1-3-4-5-14(18)16-12-7-6-11-8-10(2)15(19)17-13(11)9-12/h6-9H,3-5H2,1-2H3,(H,16,18)(H,17,19). The molecule has 1 heterocycles. The van der Waals surface area contributed by atoms with Crippen LogP contribution < -0.4 is 10.9 Å². The molecule has 2 aromatic rings. The van der Waals surface area contributed by atoms with Crippen molar-refractivity contribution in [3.8, 4) is 0 Å². The van der Waals surface area contributed by atoms with Crippen LogP contribution in [0, 0.1) is 6.92 Å². The highest BCUT2D eigenvalue weighted by Gasteiger charge is 2.04. The summed E-state index contributed by atoms with van der Waals surface area (Å²) in [7, 11) is 0. The molecule has 2 N–H and O–H groups in total. The number of aromatic nitrogens is 1. The van der Waals surface area contributed by atoms with Crippen LogP contribution in [0.25, 0.3) is 10.9 Å². The van der Waals surface area contributed by atoms with Crippen molar-refractivity contribution in [3.63, 3.8) is 0 Å². The van der Waals surface area contributed by atoms with Gasteiger partial charge < -0.3 is 10.3 Å². The smallest absolute Gasteiger partial charge is 0.251 e. The molecule has 1 amide bonds. The van der Waals surface area contributed by atoms with E-state index in [1.165, 1.54) is 0 Å². The maximum absolute atomic E-state index is 11.6. The summed E-state index contributed by atoms with van der Waals surface area (Å²) in [4.78, 5) is 26.0. The highest BCUT2D eigenvalue weighted by molar-refractivity contribution is 5.93. The van der Waals surface area contributed by atoms with Gasteiger partial charge in [-0.15, -0.1) is 0 Å². The molecular formula is C15H18N2O2.